The number of carbonyl (C=O) groups excluding carboxylic acids is 2. The Kier molecular flexibility index (Phi) is 10.7. The lowest BCUT2D eigenvalue weighted by atomic mass is 9.87. The summed E-state index contributed by atoms with van der Waals surface area (Å²) in [6, 6.07) is 6.78. The number of ether oxygens (including phenoxy) is 1. The van der Waals surface area contributed by atoms with Gasteiger partial charge in [-0.1, -0.05) is 12.1 Å². The van der Waals surface area contributed by atoms with Gasteiger partial charge in [0.2, 0.25) is 0 Å². The number of morpholine rings is 1. The van der Waals surface area contributed by atoms with Crippen LogP contribution in [0.25, 0.3) is 0 Å². The van der Waals surface area contributed by atoms with Gasteiger partial charge in [0.25, 0.3) is 0 Å². The van der Waals surface area contributed by atoms with Crippen LogP contribution in [0.4, 0.5) is 9.18 Å². The number of halogens is 1. The molecule has 0 unspecified atom stereocenters. The first kappa shape index (κ1) is 28.0. The molecule has 3 heterocycles. The standard InChI is InChI=1S/C28H44FN5O3/c1-22(35)18-34-11-8-25(27(21-34)31-28(36)30-9-12-32-13-15-37-16-14-32)20-33-10-2-3-24(19-33)17-23-4-6-26(29)7-5-23/h4-7,24-25,27H,2-3,8-21H2,1H3,(H2,30,31,36)/t24-,25-,27-/m0/s1. The van der Waals surface area contributed by atoms with Crippen molar-refractivity contribution in [2.24, 2.45) is 11.8 Å². The van der Waals surface area contributed by atoms with E-state index < -0.39 is 0 Å². The maximum absolute atomic E-state index is 13.3. The molecule has 0 aromatic heterocycles. The van der Waals surface area contributed by atoms with Crippen LogP contribution in [-0.2, 0) is 16.0 Å². The van der Waals surface area contributed by atoms with E-state index in [-0.39, 0.29) is 23.7 Å². The van der Waals surface area contributed by atoms with Crippen molar-refractivity contribution < 1.29 is 18.7 Å². The number of amides is 2. The molecular formula is C28H44FN5O3. The third kappa shape index (κ3) is 9.32. The molecular weight excluding hydrogens is 473 g/mol. The highest BCUT2D eigenvalue weighted by molar-refractivity contribution is 5.77. The van der Waals surface area contributed by atoms with Gasteiger partial charge < -0.3 is 20.3 Å². The highest BCUT2D eigenvalue weighted by atomic mass is 19.1. The summed E-state index contributed by atoms with van der Waals surface area (Å²) in [6.45, 7) is 11.5. The third-order valence-electron chi connectivity index (χ3n) is 7.95. The number of Topliss-reactive ketones (excluding diaryl/α,β-unsaturated/α-hetero) is 1. The smallest absolute Gasteiger partial charge is 0.315 e. The summed E-state index contributed by atoms with van der Waals surface area (Å²) in [7, 11) is 0. The van der Waals surface area contributed by atoms with E-state index in [2.05, 4.69) is 25.3 Å². The fraction of sp³-hybridized carbons (Fsp3) is 0.714. The summed E-state index contributed by atoms with van der Waals surface area (Å²) in [5, 5.41) is 6.28. The predicted molar refractivity (Wildman–Crippen MR) is 142 cm³/mol. The van der Waals surface area contributed by atoms with E-state index in [1.165, 1.54) is 12.0 Å². The van der Waals surface area contributed by atoms with Gasteiger partial charge >= 0.3 is 6.03 Å². The van der Waals surface area contributed by atoms with Crippen LogP contribution in [0.15, 0.2) is 24.3 Å². The molecule has 1 aromatic carbocycles. The molecule has 4 rings (SSSR count). The van der Waals surface area contributed by atoms with Crippen LogP contribution in [0, 0.1) is 17.7 Å². The zero-order valence-corrected chi connectivity index (χ0v) is 22.3. The Balaban J connectivity index is 1.28. The SMILES string of the molecule is CC(=O)CN1CC[C@@H](CN2CCC[C@@H](Cc3ccc(F)cc3)C2)[C@@H](NC(=O)NCCN2CCOCC2)C1. The van der Waals surface area contributed by atoms with Crippen molar-refractivity contribution in [1.82, 2.24) is 25.3 Å². The Morgan fingerprint density at radius 2 is 1.78 bits per heavy atom. The average Bonchev–Trinajstić information content (AvgIpc) is 2.87. The molecule has 0 aliphatic carbocycles. The quantitative estimate of drug-likeness (QED) is 0.495. The molecule has 37 heavy (non-hydrogen) atoms. The molecule has 3 atom stereocenters. The fourth-order valence-corrected chi connectivity index (χ4v) is 6.05. The molecule has 3 saturated heterocycles. The van der Waals surface area contributed by atoms with Crippen LogP contribution in [0.2, 0.25) is 0 Å². The predicted octanol–water partition coefficient (Wildman–Crippen LogP) is 1.99. The molecule has 0 radical (unpaired) electrons. The summed E-state index contributed by atoms with van der Waals surface area (Å²) >= 11 is 0. The Morgan fingerprint density at radius 1 is 1.00 bits per heavy atom. The van der Waals surface area contributed by atoms with E-state index in [1.54, 1.807) is 19.1 Å². The number of hydrogen-bond acceptors (Lipinski definition) is 6. The number of rotatable bonds is 10. The minimum atomic E-state index is -0.186. The number of likely N-dealkylation sites (tertiary alicyclic amines) is 2. The maximum atomic E-state index is 13.3. The van der Waals surface area contributed by atoms with Gasteiger partial charge in [-0.05, 0) is 75.2 Å². The van der Waals surface area contributed by atoms with E-state index in [1.807, 2.05) is 12.1 Å². The van der Waals surface area contributed by atoms with Gasteiger partial charge in [0.1, 0.15) is 11.6 Å². The maximum Gasteiger partial charge on any atom is 0.315 e. The van der Waals surface area contributed by atoms with Crippen molar-refractivity contribution in [3.8, 4) is 0 Å². The zero-order chi connectivity index (χ0) is 26.0. The highest BCUT2D eigenvalue weighted by Crippen LogP contribution is 2.25. The largest absolute Gasteiger partial charge is 0.379 e. The monoisotopic (exact) mass is 517 g/mol. The van der Waals surface area contributed by atoms with Crippen molar-refractivity contribution >= 4 is 11.8 Å². The molecule has 2 N–H and O–H groups in total. The van der Waals surface area contributed by atoms with Crippen LogP contribution in [-0.4, -0.2) is 111 Å². The molecule has 1 aromatic rings. The lowest BCUT2D eigenvalue weighted by Gasteiger charge is -2.42. The number of carbonyl (C=O) groups is 2. The van der Waals surface area contributed by atoms with Crippen molar-refractivity contribution in [2.45, 2.75) is 38.6 Å². The minimum absolute atomic E-state index is 0.00830. The molecule has 0 spiro atoms. The molecule has 206 valence electrons. The average molecular weight is 518 g/mol. The van der Waals surface area contributed by atoms with E-state index in [0.717, 1.165) is 78.3 Å². The fourth-order valence-electron chi connectivity index (χ4n) is 6.05. The van der Waals surface area contributed by atoms with Gasteiger partial charge in [-0.25, -0.2) is 9.18 Å². The van der Waals surface area contributed by atoms with Crippen LogP contribution < -0.4 is 10.6 Å². The Labute approximate surface area is 220 Å². The van der Waals surface area contributed by atoms with Crippen molar-refractivity contribution in [1.29, 1.82) is 0 Å². The molecule has 8 nitrogen and oxygen atoms in total. The van der Waals surface area contributed by atoms with Crippen LogP contribution in [0.1, 0.15) is 31.7 Å². The van der Waals surface area contributed by atoms with Crippen molar-refractivity contribution in [3.63, 3.8) is 0 Å². The number of nitrogens with zero attached hydrogens (tertiary/aromatic N) is 3. The van der Waals surface area contributed by atoms with Gasteiger partial charge in [0, 0.05) is 51.9 Å². The van der Waals surface area contributed by atoms with Gasteiger partial charge in [-0.15, -0.1) is 0 Å². The Morgan fingerprint density at radius 3 is 2.54 bits per heavy atom. The topological polar surface area (TPSA) is 77.2 Å². The second-order valence-electron chi connectivity index (χ2n) is 11.0. The molecule has 3 fully saturated rings. The lowest BCUT2D eigenvalue weighted by Crippen LogP contribution is -2.58. The normalized spacial score (nSPS) is 26.1. The first-order chi connectivity index (χ1) is 17.9. The summed E-state index contributed by atoms with van der Waals surface area (Å²) in [5.41, 5.74) is 1.19. The molecule has 2 amide bonds. The number of benzene rings is 1. The zero-order valence-electron chi connectivity index (χ0n) is 22.3. The Hall–Kier alpha value is -2.07. The number of urea groups is 1. The summed E-state index contributed by atoms with van der Waals surface area (Å²) in [5.74, 6) is 0.880. The van der Waals surface area contributed by atoms with Crippen molar-refractivity contribution in [3.05, 3.63) is 35.6 Å². The van der Waals surface area contributed by atoms with Gasteiger partial charge in [0.05, 0.1) is 19.8 Å². The van der Waals surface area contributed by atoms with E-state index in [0.29, 0.717) is 31.5 Å². The summed E-state index contributed by atoms with van der Waals surface area (Å²) in [6.07, 6.45) is 4.29. The van der Waals surface area contributed by atoms with Crippen LogP contribution in [0.3, 0.4) is 0 Å². The van der Waals surface area contributed by atoms with E-state index in [9.17, 15) is 14.0 Å². The molecule has 9 heteroatoms. The van der Waals surface area contributed by atoms with Crippen molar-refractivity contribution in [2.75, 3.05) is 78.7 Å². The highest BCUT2D eigenvalue weighted by Gasteiger charge is 2.33. The van der Waals surface area contributed by atoms with E-state index >= 15 is 0 Å². The third-order valence-corrected chi connectivity index (χ3v) is 7.95. The lowest BCUT2D eigenvalue weighted by molar-refractivity contribution is -0.118. The minimum Gasteiger partial charge on any atom is -0.379 e. The Bertz CT molecular complexity index is 864. The number of ketones is 1. The second-order valence-corrected chi connectivity index (χ2v) is 11.0. The number of hydrogen-bond donors (Lipinski definition) is 2. The first-order valence-corrected chi connectivity index (χ1v) is 14.0. The molecule has 0 bridgehead atoms. The van der Waals surface area contributed by atoms with Gasteiger partial charge in [-0.3, -0.25) is 14.6 Å². The van der Waals surface area contributed by atoms with Gasteiger partial charge in [0.15, 0.2) is 0 Å². The van der Waals surface area contributed by atoms with Crippen LogP contribution in [0.5, 0.6) is 0 Å². The van der Waals surface area contributed by atoms with E-state index in [4.69, 9.17) is 4.74 Å². The second kappa shape index (κ2) is 14.2. The first-order valence-electron chi connectivity index (χ1n) is 14.0. The molecule has 3 aliphatic heterocycles. The summed E-state index contributed by atoms with van der Waals surface area (Å²) in [4.78, 5) is 31.6. The van der Waals surface area contributed by atoms with Crippen LogP contribution >= 0.6 is 0 Å². The molecule has 3 aliphatic rings. The van der Waals surface area contributed by atoms with Gasteiger partial charge in [-0.2, -0.15) is 0 Å². The number of piperidine rings is 2. The number of nitrogens with one attached hydrogen (secondary N) is 2. The molecule has 0 saturated carbocycles. The summed E-state index contributed by atoms with van der Waals surface area (Å²) < 4.78 is 18.7.